The minimum Gasteiger partial charge on any atom is -1.00 e. The Morgan fingerprint density at radius 3 is 1.35 bits per heavy atom. The molecule has 194 valence electrons. The quantitative estimate of drug-likeness (QED) is 0.213. The topological polar surface area (TPSA) is 0 Å². The Morgan fingerprint density at radius 1 is 0.500 bits per heavy atom. The van der Waals surface area contributed by atoms with Gasteiger partial charge in [-0.25, -0.2) is 0 Å². The first-order valence-corrected chi connectivity index (χ1v) is 16.0. The van der Waals surface area contributed by atoms with Crippen LogP contribution < -0.4 is 24.8 Å². The number of hydrogen-bond acceptors (Lipinski definition) is 0. The van der Waals surface area contributed by atoms with Crippen LogP contribution in [0.25, 0.3) is 50.8 Å². The first kappa shape index (κ1) is 27.2. The van der Waals surface area contributed by atoms with Crippen LogP contribution in [-0.4, -0.2) is 3.81 Å². The summed E-state index contributed by atoms with van der Waals surface area (Å²) >= 11 is -1.90. The maximum absolute atomic E-state index is 2.59. The average molecular weight is 591 g/mol. The van der Waals surface area contributed by atoms with Crippen LogP contribution >= 0.6 is 0 Å². The molecular formula is C37H28Cl2Ti. The Bertz CT molecular complexity index is 1950. The summed E-state index contributed by atoms with van der Waals surface area (Å²) in [4.78, 5) is 0. The molecule has 0 amide bonds. The molecule has 2 aliphatic carbocycles. The van der Waals surface area contributed by atoms with Crippen LogP contribution in [0.3, 0.4) is 0 Å². The number of halogens is 2. The van der Waals surface area contributed by atoms with Gasteiger partial charge in [-0.2, -0.15) is 0 Å². The van der Waals surface area contributed by atoms with Crippen molar-refractivity contribution in [1.82, 2.24) is 0 Å². The molecular weight excluding hydrogens is 563 g/mol. The van der Waals surface area contributed by atoms with Crippen molar-refractivity contribution in [3.05, 3.63) is 131 Å². The second kappa shape index (κ2) is 10.4. The minimum atomic E-state index is -1.90. The zero-order valence-corrected chi connectivity index (χ0v) is 25.6. The smallest absolute Gasteiger partial charge is 1.00 e. The molecule has 40 heavy (non-hydrogen) atoms. The molecule has 6 aromatic rings. The standard InChI is InChI=1S/2C17H11.C3H6.2ClH.Ti/c2*1-2-6-15-12(4-1)8-10-14-11-9-13-5-3-7-16(13)17(14)15;1-3-2;;;/h2*1-4,6,8-11H,7H2;1-2H3;2*1H;/q;;;;;+2/p-2. The van der Waals surface area contributed by atoms with Gasteiger partial charge >= 0.3 is 230 Å². The zero-order valence-electron chi connectivity index (χ0n) is 22.6. The molecule has 0 spiro atoms. The molecule has 2 aliphatic rings. The van der Waals surface area contributed by atoms with Gasteiger partial charge in [0.15, 0.2) is 0 Å². The predicted molar refractivity (Wildman–Crippen MR) is 163 cm³/mol. The van der Waals surface area contributed by atoms with E-state index in [1.165, 1.54) is 65.3 Å². The van der Waals surface area contributed by atoms with Crippen LogP contribution in [0.4, 0.5) is 0 Å². The average Bonchev–Trinajstić information content (AvgIpc) is 3.57. The number of benzene rings is 6. The molecule has 0 atom stereocenters. The summed E-state index contributed by atoms with van der Waals surface area (Å²) in [5, 5.41) is 11.1. The third-order valence-electron chi connectivity index (χ3n) is 8.68. The van der Waals surface area contributed by atoms with E-state index in [4.69, 9.17) is 0 Å². The molecule has 0 heterocycles. The molecule has 0 fully saturated rings. The van der Waals surface area contributed by atoms with Gasteiger partial charge in [-0.15, -0.1) is 0 Å². The van der Waals surface area contributed by atoms with Crippen molar-refractivity contribution in [1.29, 1.82) is 0 Å². The summed E-state index contributed by atoms with van der Waals surface area (Å²) in [5.74, 6) is 0. The van der Waals surface area contributed by atoms with Gasteiger partial charge in [0.1, 0.15) is 0 Å². The molecule has 8 rings (SSSR count). The first-order valence-electron chi connectivity index (χ1n) is 13.6. The van der Waals surface area contributed by atoms with Gasteiger partial charge in [0, 0.05) is 0 Å². The van der Waals surface area contributed by atoms with E-state index in [2.05, 4.69) is 123 Å². The molecule has 0 aromatic heterocycles. The number of hydrogen-bond donors (Lipinski definition) is 0. The normalized spacial score (nSPS) is 13.2. The number of allylic oxidation sites excluding steroid dienone is 2. The summed E-state index contributed by atoms with van der Waals surface area (Å²) in [6.07, 6.45) is 7.26. The fraction of sp³-hybridized carbons (Fsp3) is 0.108. The maximum atomic E-state index is 2.59. The monoisotopic (exact) mass is 590 g/mol. The van der Waals surface area contributed by atoms with Gasteiger partial charge in [-0.3, -0.25) is 0 Å². The van der Waals surface area contributed by atoms with Crippen molar-refractivity contribution in [3.63, 3.8) is 0 Å². The summed E-state index contributed by atoms with van der Waals surface area (Å²) in [5.41, 5.74) is 6.07. The van der Waals surface area contributed by atoms with E-state index in [0.717, 1.165) is 12.8 Å². The second-order valence-corrected chi connectivity index (χ2v) is 15.4. The van der Waals surface area contributed by atoms with Crippen molar-refractivity contribution in [2.45, 2.75) is 26.7 Å². The maximum Gasteiger partial charge on any atom is -1.00 e. The Morgan fingerprint density at radius 2 is 0.900 bits per heavy atom. The molecule has 0 saturated carbocycles. The van der Waals surface area contributed by atoms with Crippen LogP contribution in [0.2, 0.25) is 0 Å². The van der Waals surface area contributed by atoms with Crippen molar-refractivity contribution in [3.8, 4) is 0 Å². The van der Waals surface area contributed by atoms with Crippen LogP contribution in [0, 0.1) is 0 Å². The molecule has 0 aliphatic heterocycles. The molecule has 0 unspecified atom stereocenters. The van der Waals surface area contributed by atoms with Crippen molar-refractivity contribution in [2.75, 3.05) is 0 Å². The summed E-state index contributed by atoms with van der Waals surface area (Å²) in [7, 11) is 0. The third kappa shape index (κ3) is 3.97. The van der Waals surface area contributed by atoms with Gasteiger partial charge < -0.3 is 24.8 Å². The Hall–Kier alpha value is -3.00. The van der Waals surface area contributed by atoms with Gasteiger partial charge in [0.25, 0.3) is 0 Å². The van der Waals surface area contributed by atoms with Gasteiger partial charge in [-0.1, -0.05) is 0 Å². The van der Waals surface area contributed by atoms with Crippen LogP contribution in [0.1, 0.15) is 36.1 Å². The van der Waals surface area contributed by atoms with E-state index in [1.54, 1.807) is 11.6 Å². The van der Waals surface area contributed by atoms with E-state index in [1.807, 2.05) is 0 Å². The summed E-state index contributed by atoms with van der Waals surface area (Å²) < 4.78 is 4.91. The SMILES string of the molecule is C[C](C)=[Ti+2]([C]1=CCc2c1ccc1ccc3ccccc3c21)[C]1=CCc2c1ccc1ccc3ccccc3c21.[Cl-].[Cl-]. The molecule has 0 radical (unpaired) electrons. The van der Waals surface area contributed by atoms with Crippen molar-refractivity contribution >= 4 is 54.7 Å². The van der Waals surface area contributed by atoms with Crippen molar-refractivity contribution in [2.24, 2.45) is 0 Å². The van der Waals surface area contributed by atoms with Crippen LogP contribution in [0.5, 0.6) is 0 Å². The van der Waals surface area contributed by atoms with E-state index in [0.29, 0.717) is 0 Å². The van der Waals surface area contributed by atoms with E-state index < -0.39 is 17.4 Å². The molecule has 0 N–H and O–H groups in total. The largest absolute Gasteiger partial charge is 1.00 e. The van der Waals surface area contributed by atoms with Gasteiger partial charge in [0.05, 0.1) is 0 Å². The molecule has 0 bridgehead atoms. The van der Waals surface area contributed by atoms with E-state index >= 15 is 0 Å². The molecule has 6 aromatic carbocycles. The third-order valence-corrected chi connectivity index (χ3v) is 13.4. The molecule has 0 saturated heterocycles. The summed E-state index contributed by atoms with van der Waals surface area (Å²) in [6.45, 7) is 4.78. The van der Waals surface area contributed by atoms with Crippen LogP contribution in [0.15, 0.2) is 109 Å². The summed E-state index contributed by atoms with van der Waals surface area (Å²) in [6, 6.07) is 36.5. The molecule has 0 nitrogen and oxygen atoms in total. The second-order valence-electron chi connectivity index (χ2n) is 11.0. The van der Waals surface area contributed by atoms with E-state index in [9.17, 15) is 0 Å². The Balaban J connectivity index is 0.00000145. The predicted octanol–water partition coefficient (Wildman–Crippen LogP) is 3.63. The molecule has 3 heteroatoms. The Kier molecular flexibility index (Phi) is 7.10. The fourth-order valence-corrected chi connectivity index (χ4v) is 11.7. The number of fused-ring (bicyclic) bond motifs is 10. The van der Waals surface area contributed by atoms with Gasteiger partial charge in [-0.05, 0) is 0 Å². The number of rotatable bonds is 2. The van der Waals surface area contributed by atoms with Crippen LogP contribution in [-0.2, 0) is 30.2 Å². The van der Waals surface area contributed by atoms with Crippen molar-refractivity contribution < 1.29 is 42.2 Å². The Labute approximate surface area is 253 Å². The minimum absolute atomic E-state index is 0. The van der Waals surface area contributed by atoms with Gasteiger partial charge in [0.2, 0.25) is 0 Å². The first-order chi connectivity index (χ1) is 18.7. The zero-order chi connectivity index (χ0) is 25.4. The van der Waals surface area contributed by atoms with E-state index in [-0.39, 0.29) is 24.8 Å². The fourth-order valence-electron chi connectivity index (χ4n) is 7.06.